The molecule has 10 heteroatoms. The van der Waals surface area contributed by atoms with E-state index in [1.54, 1.807) is 0 Å². The molecule has 0 spiro atoms. The van der Waals surface area contributed by atoms with Crippen molar-refractivity contribution in [2.24, 2.45) is 0 Å². The highest BCUT2D eigenvalue weighted by Crippen LogP contribution is 2.29. The van der Waals surface area contributed by atoms with Crippen molar-refractivity contribution in [2.45, 2.75) is 38.2 Å². The minimum absolute atomic E-state index is 0.0331. The van der Waals surface area contributed by atoms with Crippen LogP contribution >= 0.6 is 0 Å². The van der Waals surface area contributed by atoms with Gasteiger partial charge >= 0.3 is 7.32 Å². The van der Waals surface area contributed by atoms with E-state index in [9.17, 15) is 13.2 Å². The SMILES string of the molecule is CS(=O)(=O)NC(=O)c1ccc(OB(O)O)cc1OC1CCCCC1. The number of amides is 1. The fraction of sp³-hybridized carbons (Fsp3) is 0.500. The third-order valence-corrected chi connectivity index (χ3v) is 4.12. The molecule has 1 aromatic rings. The lowest BCUT2D eigenvalue weighted by atomic mass is 9.97. The molecule has 3 N–H and O–H groups in total. The normalized spacial score (nSPS) is 15.6. The summed E-state index contributed by atoms with van der Waals surface area (Å²) in [5, 5.41) is 17.8. The standard InChI is InChI=1S/C14H20BNO7S/c1-24(20,21)16-14(17)12-8-7-11(23-15(18)19)9-13(12)22-10-5-3-2-4-6-10/h7-10,18-19H,2-6H2,1H3,(H,16,17). The maximum absolute atomic E-state index is 12.1. The first-order valence-electron chi connectivity index (χ1n) is 7.60. The van der Waals surface area contributed by atoms with E-state index in [1.807, 2.05) is 4.72 Å². The van der Waals surface area contributed by atoms with Crippen molar-refractivity contribution in [1.82, 2.24) is 4.72 Å². The summed E-state index contributed by atoms with van der Waals surface area (Å²) in [5.41, 5.74) is 0.0331. The molecule has 0 radical (unpaired) electrons. The van der Waals surface area contributed by atoms with Gasteiger partial charge in [-0.15, -0.1) is 0 Å². The van der Waals surface area contributed by atoms with Crippen LogP contribution in [0.2, 0.25) is 0 Å². The predicted octanol–water partition coefficient (Wildman–Crippen LogP) is 0.436. The van der Waals surface area contributed by atoms with Crippen molar-refractivity contribution in [3.63, 3.8) is 0 Å². The highest BCUT2D eigenvalue weighted by Gasteiger charge is 2.22. The van der Waals surface area contributed by atoms with E-state index < -0.39 is 23.3 Å². The second kappa shape index (κ2) is 7.86. The zero-order chi connectivity index (χ0) is 17.7. The molecule has 0 aromatic heterocycles. The Balaban J connectivity index is 2.28. The van der Waals surface area contributed by atoms with Crippen LogP contribution in [0.25, 0.3) is 0 Å². The minimum atomic E-state index is -3.72. The van der Waals surface area contributed by atoms with Gasteiger partial charge in [-0.05, 0) is 37.8 Å². The van der Waals surface area contributed by atoms with Crippen molar-refractivity contribution in [1.29, 1.82) is 0 Å². The third-order valence-electron chi connectivity index (χ3n) is 3.56. The van der Waals surface area contributed by atoms with Crippen molar-refractivity contribution >= 4 is 23.3 Å². The average Bonchev–Trinajstić information content (AvgIpc) is 2.46. The largest absolute Gasteiger partial charge is 0.707 e. The number of ether oxygens (including phenoxy) is 1. The smallest absolute Gasteiger partial charge is 0.512 e. The molecule has 2 rings (SSSR count). The van der Waals surface area contributed by atoms with Gasteiger partial charge in [0.1, 0.15) is 11.5 Å². The first-order chi connectivity index (χ1) is 11.2. The van der Waals surface area contributed by atoms with Gasteiger partial charge in [0.15, 0.2) is 0 Å². The van der Waals surface area contributed by atoms with Gasteiger partial charge in [-0.3, -0.25) is 4.79 Å². The Morgan fingerprint density at radius 1 is 1.25 bits per heavy atom. The monoisotopic (exact) mass is 357 g/mol. The highest BCUT2D eigenvalue weighted by molar-refractivity contribution is 7.89. The van der Waals surface area contributed by atoms with Gasteiger partial charge in [0.25, 0.3) is 5.91 Å². The number of carbonyl (C=O) groups is 1. The van der Waals surface area contributed by atoms with Crippen molar-refractivity contribution in [3.05, 3.63) is 23.8 Å². The van der Waals surface area contributed by atoms with Crippen LogP contribution in [0.5, 0.6) is 11.5 Å². The number of hydrogen-bond acceptors (Lipinski definition) is 7. The molecule has 1 amide bonds. The number of sulfonamides is 1. The van der Waals surface area contributed by atoms with Crippen LogP contribution in [0.1, 0.15) is 42.5 Å². The third kappa shape index (κ3) is 5.70. The molecule has 0 saturated heterocycles. The Hall–Kier alpha value is -1.78. The van der Waals surface area contributed by atoms with E-state index in [1.165, 1.54) is 18.2 Å². The summed E-state index contributed by atoms with van der Waals surface area (Å²) in [6, 6.07) is 3.98. The van der Waals surface area contributed by atoms with E-state index in [4.69, 9.17) is 19.4 Å². The summed E-state index contributed by atoms with van der Waals surface area (Å²) in [5.74, 6) is -0.590. The maximum atomic E-state index is 12.1. The second-order valence-electron chi connectivity index (χ2n) is 5.68. The maximum Gasteiger partial charge on any atom is 0.707 e. The molecule has 1 aliphatic rings. The predicted molar refractivity (Wildman–Crippen MR) is 87.1 cm³/mol. The zero-order valence-electron chi connectivity index (χ0n) is 13.3. The van der Waals surface area contributed by atoms with Crippen molar-refractivity contribution in [3.8, 4) is 11.5 Å². The van der Waals surface area contributed by atoms with E-state index >= 15 is 0 Å². The quantitative estimate of drug-likeness (QED) is 0.631. The summed E-state index contributed by atoms with van der Waals surface area (Å²) in [6.07, 6.45) is 5.62. The molecule has 0 unspecified atom stereocenters. The zero-order valence-corrected chi connectivity index (χ0v) is 14.1. The fourth-order valence-electron chi connectivity index (χ4n) is 2.57. The summed E-state index contributed by atoms with van der Waals surface area (Å²) < 4.78 is 35.0. The lowest BCUT2D eigenvalue weighted by Crippen LogP contribution is -2.30. The molecular weight excluding hydrogens is 337 g/mol. The molecule has 8 nitrogen and oxygen atoms in total. The van der Waals surface area contributed by atoms with Crippen LogP contribution in [0.15, 0.2) is 18.2 Å². The van der Waals surface area contributed by atoms with Crippen LogP contribution < -0.4 is 14.1 Å². The first kappa shape index (κ1) is 18.6. The molecule has 0 bridgehead atoms. The van der Waals surface area contributed by atoms with E-state index in [-0.39, 0.29) is 23.2 Å². The lowest BCUT2D eigenvalue weighted by Gasteiger charge is -2.24. The number of carbonyl (C=O) groups excluding carboxylic acids is 1. The highest BCUT2D eigenvalue weighted by atomic mass is 32.2. The number of benzene rings is 1. The summed E-state index contributed by atoms with van der Waals surface area (Å²) in [7, 11) is -5.73. The molecule has 0 atom stereocenters. The molecule has 1 aromatic carbocycles. The Kier molecular flexibility index (Phi) is 6.08. The van der Waals surface area contributed by atoms with Gasteiger partial charge in [0.2, 0.25) is 10.0 Å². The molecule has 132 valence electrons. The van der Waals surface area contributed by atoms with Crippen LogP contribution in [-0.4, -0.2) is 44.1 Å². The first-order valence-corrected chi connectivity index (χ1v) is 9.49. The van der Waals surface area contributed by atoms with Crippen LogP contribution in [0, 0.1) is 0 Å². The Labute approximate surface area is 141 Å². The van der Waals surface area contributed by atoms with Crippen molar-refractivity contribution < 1.29 is 32.7 Å². The molecule has 1 aliphatic carbocycles. The van der Waals surface area contributed by atoms with E-state index in [2.05, 4.69) is 0 Å². The minimum Gasteiger partial charge on any atom is -0.512 e. The van der Waals surface area contributed by atoms with Gasteiger partial charge in [-0.2, -0.15) is 0 Å². The fourth-order valence-corrected chi connectivity index (χ4v) is 3.02. The number of nitrogens with one attached hydrogen (secondary N) is 1. The molecule has 0 heterocycles. The lowest BCUT2D eigenvalue weighted by molar-refractivity contribution is 0.0969. The Morgan fingerprint density at radius 3 is 2.50 bits per heavy atom. The summed E-state index contributed by atoms with van der Waals surface area (Å²) in [4.78, 5) is 12.1. The van der Waals surface area contributed by atoms with Crippen LogP contribution in [-0.2, 0) is 10.0 Å². The van der Waals surface area contributed by atoms with Gasteiger partial charge in [-0.25, -0.2) is 13.1 Å². The average molecular weight is 357 g/mol. The number of rotatable bonds is 6. The molecular formula is C14H20BNO7S. The molecule has 24 heavy (non-hydrogen) atoms. The van der Waals surface area contributed by atoms with Crippen molar-refractivity contribution in [2.75, 3.05) is 6.26 Å². The van der Waals surface area contributed by atoms with Crippen LogP contribution in [0.4, 0.5) is 0 Å². The second-order valence-corrected chi connectivity index (χ2v) is 7.43. The molecule has 0 aliphatic heterocycles. The van der Waals surface area contributed by atoms with Gasteiger partial charge < -0.3 is 19.4 Å². The van der Waals surface area contributed by atoms with E-state index in [0.29, 0.717) is 0 Å². The van der Waals surface area contributed by atoms with E-state index in [0.717, 1.165) is 38.4 Å². The topological polar surface area (TPSA) is 122 Å². The van der Waals surface area contributed by atoms with Gasteiger partial charge in [0.05, 0.1) is 17.9 Å². The summed E-state index contributed by atoms with van der Waals surface area (Å²) >= 11 is 0. The molecule has 1 saturated carbocycles. The molecule has 1 fully saturated rings. The Morgan fingerprint density at radius 2 is 1.92 bits per heavy atom. The number of hydrogen-bond donors (Lipinski definition) is 3. The van der Waals surface area contributed by atoms with Gasteiger partial charge in [-0.1, -0.05) is 6.42 Å². The van der Waals surface area contributed by atoms with Crippen LogP contribution in [0.3, 0.4) is 0 Å². The summed E-state index contributed by atoms with van der Waals surface area (Å²) in [6.45, 7) is 0. The van der Waals surface area contributed by atoms with Gasteiger partial charge in [0, 0.05) is 6.07 Å². The Bertz CT molecular complexity index is 686.